The second-order valence-corrected chi connectivity index (χ2v) is 8.60. The molecular formula is C24H25N3O5S. The molecule has 33 heavy (non-hydrogen) atoms. The molecule has 1 atom stereocenters. The third kappa shape index (κ3) is 4.54. The number of rotatable bonds is 7. The zero-order valence-corrected chi connectivity index (χ0v) is 19.7. The Morgan fingerprint density at radius 2 is 1.73 bits per heavy atom. The van der Waals surface area contributed by atoms with E-state index in [-0.39, 0.29) is 23.7 Å². The number of aryl methyl sites for hydroxylation is 1. The number of fused-ring (bicyclic) bond motifs is 1. The minimum Gasteiger partial charge on any atom is -0.493 e. The van der Waals surface area contributed by atoms with Gasteiger partial charge in [0.2, 0.25) is 11.7 Å². The monoisotopic (exact) mass is 467 g/mol. The highest BCUT2D eigenvalue weighted by Gasteiger charge is 2.34. The van der Waals surface area contributed by atoms with E-state index in [0.717, 1.165) is 5.56 Å². The second-order valence-electron chi connectivity index (χ2n) is 7.64. The van der Waals surface area contributed by atoms with Crippen molar-refractivity contribution in [2.75, 3.05) is 26.6 Å². The number of H-pyrrole nitrogens is 1. The summed E-state index contributed by atoms with van der Waals surface area (Å²) < 4.78 is 16.4. The normalized spacial score (nSPS) is 14.9. The second kappa shape index (κ2) is 9.58. The molecular weight excluding hydrogens is 442 g/mol. The van der Waals surface area contributed by atoms with Gasteiger partial charge in [-0.05, 0) is 18.6 Å². The fraction of sp³-hybridized carbons (Fsp3) is 0.292. The Labute approximate surface area is 195 Å². The van der Waals surface area contributed by atoms with Crippen molar-refractivity contribution in [2.45, 2.75) is 30.2 Å². The van der Waals surface area contributed by atoms with Gasteiger partial charge in [0.25, 0.3) is 5.56 Å². The van der Waals surface area contributed by atoms with Crippen molar-refractivity contribution in [3.05, 3.63) is 69.0 Å². The van der Waals surface area contributed by atoms with Gasteiger partial charge < -0.3 is 24.5 Å². The molecule has 0 radical (unpaired) electrons. The molecule has 2 N–H and O–H groups in total. The van der Waals surface area contributed by atoms with E-state index in [9.17, 15) is 9.59 Å². The zero-order valence-electron chi connectivity index (χ0n) is 18.9. The molecule has 1 aliphatic heterocycles. The molecule has 2 aromatic carbocycles. The SMILES string of the molecule is COc1ccc(C2CC(=O)Nc3nc(SCc4ccc(C)cc4)[nH]c(=O)c32)c(OC)c1OC. The van der Waals surface area contributed by atoms with Gasteiger partial charge in [0.05, 0.1) is 26.9 Å². The van der Waals surface area contributed by atoms with Crippen LogP contribution in [0.1, 0.15) is 34.6 Å². The van der Waals surface area contributed by atoms with Gasteiger partial charge >= 0.3 is 0 Å². The van der Waals surface area contributed by atoms with Crippen LogP contribution in [0.25, 0.3) is 0 Å². The van der Waals surface area contributed by atoms with Crippen molar-refractivity contribution in [3.63, 3.8) is 0 Å². The van der Waals surface area contributed by atoms with Crippen molar-refractivity contribution in [2.24, 2.45) is 0 Å². The third-order valence-corrected chi connectivity index (χ3v) is 6.48. The summed E-state index contributed by atoms with van der Waals surface area (Å²) >= 11 is 1.40. The number of aromatic amines is 1. The molecule has 1 unspecified atom stereocenters. The predicted octanol–water partition coefficient (Wildman–Crippen LogP) is 3.87. The number of hydrogen-bond acceptors (Lipinski definition) is 7. The van der Waals surface area contributed by atoms with Gasteiger partial charge in [0.1, 0.15) is 5.82 Å². The van der Waals surface area contributed by atoms with Crippen LogP contribution in [0.5, 0.6) is 17.2 Å². The number of thioether (sulfide) groups is 1. The average Bonchev–Trinajstić information content (AvgIpc) is 2.81. The lowest BCUT2D eigenvalue weighted by Crippen LogP contribution is -2.31. The first-order valence-electron chi connectivity index (χ1n) is 10.4. The van der Waals surface area contributed by atoms with Gasteiger partial charge in [-0.1, -0.05) is 47.7 Å². The van der Waals surface area contributed by atoms with Gasteiger partial charge in [-0.3, -0.25) is 9.59 Å². The van der Waals surface area contributed by atoms with Crippen LogP contribution in [0.3, 0.4) is 0 Å². The maximum absolute atomic E-state index is 13.2. The van der Waals surface area contributed by atoms with Crippen LogP contribution < -0.4 is 25.1 Å². The summed E-state index contributed by atoms with van der Waals surface area (Å²) in [5, 5.41) is 3.20. The molecule has 4 rings (SSSR count). The van der Waals surface area contributed by atoms with E-state index >= 15 is 0 Å². The molecule has 0 spiro atoms. The largest absolute Gasteiger partial charge is 0.493 e. The zero-order chi connectivity index (χ0) is 23.5. The number of benzene rings is 2. The van der Waals surface area contributed by atoms with E-state index < -0.39 is 5.92 Å². The van der Waals surface area contributed by atoms with E-state index in [0.29, 0.717) is 39.3 Å². The Bertz CT molecular complexity index is 1240. The highest BCUT2D eigenvalue weighted by atomic mass is 32.2. The summed E-state index contributed by atoms with van der Waals surface area (Å²) in [7, 11) is 4.56. The summed E-state index contributed by atoms with van der Waals surface area (Å²) in [6.45, 7) is 2.03. The number of nitrogens with zero attached hydrogens (tertiary/aromatic N) is 1. The van der Waals surface area contributed by atoms with Crippen LogP contribution in [-0.2, 0) is 10.5 Å². The number of carbonyl (C=O) groups is 1. The number of aromatic nitrogens is 2. The fourth-order valence-corrected chi connectivity index (χ4v) is 4.74. The highest BCUT2D eigenvalue weighted by molar-refractivity contribution is 7.98. The van der Waals surface area contributed by atoms with Crippen molar-refractivity contribution in [1.29, 1.82) is 0 Å². The first-order valence-corrected chi connectivity index (χ1v) is 11.3. The minimum absolute atomic E-state index is 0.0828. The molecule has 0 fully saturated rings. The Morgan fingerprint density at radius 3 is 2.39 bits per heavy atom. The van der Waals surface area contributed by atoms with Crippen LogP contribution in [0.15, 0.2) is 46.3 Å². The van der Waals surface area contributed by atoms with Gasteiger partial charge in [0.15, 0.2) is 16.7 Å². The van der Waals surface area contributed by atoms with E-state index in [1.54, 1.807) is 12.1 Å². The van der Waals surface area contributed by atoms with E-state index in [2.05, 4.69) is 15.3 Å². The number of hydrogen-bond donors (Lipinski definition) is 2. The lowest BCUT2D eigenvalue weighted by Gasteiger charge is -2.26. The highest BCUT2D eigenvalue weighted by Crippen LogP contribution is 2.46. The summed E-state index contributed by atoms with van der Waals surface area (Å²) in [6.07, 6.45) is 0.0828. The van der Waals surface area contributed by atoms with Crippen LogP contribution in [0.2, 0.25) is 0 Å². The number of ether oxygens (including phenoxy) is 3. The summed E-state index contributed by atoms with van der Waals surface area (Å²) in [6, 6.07) is 11.7. The molecule has 8 nitrogen and oxygen atoms in total. The van der Waals surface area contributed by atoms with E-state index in [1.807, 2.05) is 31.2 Å². The Morgan fingerprint density at radius 1 is 1.00 bits per heavy atom. The van der Waals surface area contributed by atoms with Crippen molar-refractivity contribution in [1.82, 2.24) is 9.97 Å². The molecule has 0 bridgehead atoms. The van der Waals surface area contributed by atoms with Crippen LogP contribution in [0.4, 0.5) is 5.82 Å². The minimum atomic E-state index is -0.545. The molecule has 0 saturated heterocycles. The quantitative estimate of drug-likeness (QED) is 0.402. The molecule has 0 aliphatic carbocycles. The number of carbonyl (C=O) groups excluding carboxylic acids is 1. The van der Waals surface area contributed by atoms with E-state index in [1.165, 1.54) is 38.7 Å². The topological polar surface area (TPSA) is 103 Å². The number of methoxy groups -OCH3 is 3. The molecule has 1 aromatic heterocycles. The van der Waals surface area contributed by atoms with Crippen LogP contribution in [-0.4, -0.2) is 37.2 Å². The first kappa shape index (κ1) is 22.7. The maximum Gasteiger partial charge on any atom is 0.257 e. The average molecular weight is 468 g/mol. The summed E-state index contributed by atoms with van der Waals surface area (Å²) in [4.78, 5) is 33.1. The first-order chi connectivity index (χ1) is 15.9. The standard InChI is InChI=1S/C24H25N3O5S/c1-13-5-7-14(8-6-13)12-33-24-26-22-19(23(29)27-24)16(11-18(28)25-22)15-9-10-17(30-2)21(32-4)20(15)31-3/h5-10,16H,11-12H2,1-4H3,(H2,25,26,27,28,29). The summed E-state index contributed by atoms with van der Waals surface area (Å²) in [5.41, 5.74) is 3.04. The smallest absolute Gasteiger partial charge is 0.257 e. The van der Waals surface area contributed by atoms with Crippen molar-refractivity contribution >= 4 is 23.5 Å². The molecule has 3 aromatic rings. The van der Waals surface area contributed by atoms with Gasteiger partial charge in [-0.2, -0.15) is 0 Å². The molecule has 1 amide bonds. The maximum atomic E-state index is 13.2. The van der Waals surface area contributed by atoms with Gasteiger partial charge in [0, 0.05) is 23.7 Å². The molecule has 1 aliphatic rings. The third-order valence-electron chi connectivity index (χ3n) is 5.54. The van der Waals surface area contributed by atoms with Gasteiger partial charge in [-0.25, -0.2) is 4.98 Å². The lowest BCUT2D eigenvalue weighted by atomic mass is 9.86. The number of amides is 1. The predicted molar refractivity (Wildman–Crippen MR) is 127 cm³/mol. The Balaban J connectivity index is 1.72. The molecule has 9 heteroatoms. The van der Waals surface area contributed by atoms with Crippen LogP contribution in [0, 0.1) is 6.92 Å². The number of nitrogens with one attached hydrogen (secondary N) is 2. The number of anilines is 1. The van der Waals surface area contributed by atoms with E-state index in [4.69, 9.17) is 14.2 Å². The fourth-order valence-electron chi connectivity index (χ4n) is 3.92. The van der Waals surface area contributed by atoms with Crippen molar-refractivity contribution in [3.8, 4) is 17.2 Å². The Hall–Kier alpha value is -3.46. The van der Waals surface area contributed by atoms with Crippen LogP contribution >= 0.6 is 11.8 Å². The van der Waals surface area contributed by atoms with Gasteiger partial charge in [-0.15, -0.1) is 0 Å². The molecule has 0 saturated carbocycles. The lowest BCUT2D eigenvalue weighted by molar-refractivity contribution is -0.116. The summed E-state index contributed by atoms with van der Waals surface area (Å²) in [5.74, 6) is 1.45. The van der Waals surface area contributed by atoms with Crippen molar-refractivity contribution < 1.29 is 19.0 Å². The molecule has 2 heterocycles. The molecule has 172 valence electrons. The Kier molecular flexibility index (Phi) is 6.60.